The number of rotatable bonds is 7. The van der Waals surface area contributed by atoms with Crippen LogP contribution in [0.3, 0.4) is 0 Å². The van der Waals surface area contributed by atoms with Crippen molar-refractivity contribution in [2.24, 2.45) is 11.8 Å². The highest BCUT2D eigenvalue weighted by atomic mass is 16.7. The molecule has 13 heteroatoms. The predicted octanol–water partition coefficient (Wildman–Crippen LogP) is 0.565. The quantitative estimate of drug-likeness (QED) is 0.232. The molecule has 2 fully saturated rings. The molecule has 0 aromatic rings. The number of aliphatic hydroxyl groups excluding tert-OH is 2. The van der Waals surface area contributed by atoms with E-state index in [0.717, 1.165) is 0 Å². The molecule has 0 radical (unpaired) electrons. The number of esters is 2. The molecule has 43 heavy (non-hydrogen) atoms. The zero-order valence-corrected chi connectivity index (χ0v) is 26.0. The van der Waals surface area contributed by atoms with Crippen molar-refractivity contribution in [2.45, 2.75) is 121 Å². The Hall–Kier alpha value is -2.26. The molecule has 13 nitrogen and oxygen atoms in total. The highest BCUT2D eigenvalue weighted by Crippen LogP contribution is 2.34. The van der Waals surface area contributed by atoms with Gasteiger partial charge in [0.25, 0.3) is 0 Å². The monoisotopic (exact) mass is 613 g/mol. The molecule has 2 saturated heterocycles. The van der Waals surface area contributed by atoms with Gasteiger partial charge in [0, 0.05) is 32.8 Å². The summed E-state index contributed by atoms with van der Waals surface area (Å²) in [5.41, 5.74) is 0. The number of hydrogen-bond donors (Lipinski definition) is 2. The molecule has 2 N–H and O–H groups in total. The Labute approximate surface area is 252 Å². The molecule has 244 valence electrons. The van der Waals surface area contributed by atoms with Crippen molar-refractivity contribution < 1.29 is 57.8 Å². The van der Waals surface area contributed by atoms with Crippen LogP contribution in [-0.4, -0.2) is 128 Å². The van der Waals surface area contributed by atoms with Crippen molar-refractivity contribution in [2.75, 3.05) is 21.2 Å². The van der Waals surface area contributed by atoms with Crippen molar-refractivity contribution in [1.82, 2.24) is 4.90 Å². The molecule has 0 amide bonds. The molecule has 0 saturated carbocycles. The van der Waals surface area contributed by atoms with Gasteiger partial charge in [0.05, 0.1) is 36.9 Å². The standard InChI is InChI=1S/C30H47NO12/c1-15-12-19(10-11-32)28(43-30-27(37)25(31(5)6)26(36)17(3)40-30)29(38-7)23(41-18(4)33)14-24(35)39-16(2)13-22-21(42-22)9-8-20(15)34/h8-9,11,15-17,19,21-23,25-30,36-37H,10,12-14H2,1-7H3/b9-8-/t15-,16-,17-,19+,21-,22+,23-,25+,26-,27-,28+,29+,30+/m1/s1. The van der Waals surface area contributed by atoms with E-state index in [-0.39, 0.29) is 37.3 Å². The van der Waals surface area contributed by atoms with Gasteiger partial charge in [-0.2, -0.15) is 0 Å². The van der Waals surface area contributed by atoms with Crippen molar-refractivity contribution in [3.05, 3.63) is 12.2 Å². The third-order valence-electron chi connectivity index (χ3n) is 8.32. The minimum Gasteiger partial charge on any atom is -0.462 e. The van der Waals surface area contributed by atoms with Crippen molar-refractivity contribution >= 4 is 24.0 Å². The number of epoxide rings is 1. The number of hydrogen-bond acceptors (Lipinski definition) is 13. The van der Waals surface area contributed by atoms with Crippen LogP contribution in [0.15, 0.2) is 12.2 Å². The summed E-state index contributed by atoms with van der Waals surface area (Å²) in [4.78, 5) is 52.0. The first-order valence-electron chi connectivity index (χ1n) is 14.8. The van der Waals surface area contributed by atoms with E-state index in [2.05, 4.69) is 0 Å². The summed E-state index contributed by atoms with van der Waals surface area (Å²) in [7, 11) is 4.74. The maximum Gasteiger partial charge on any atom is 0.309 e. The summed E-state index contributed by atoms with van der Waals surface area (Å²) in [5.74, 6) is -2.77. The lowest BCUT2D eigenvalue weighted by Crippen LogP contribution is -2.63. The summed E-state index contributed by atoms with van der Waals surface area (Å²) in [6.45, 7) is 6.27. The van der Waals surface area contributed by atoms with Gasteiger partial charge in [0.15, 0.2) is 12.1 Å². The van der Waals surface area contributed by atoms with Gasteiger partial charge < -0.3 is 48.3 Å². The number of nitrogens with zero attached hydrogens (tertiary/aromatic N) is 1. The number of ketones is 1. The molecular weight excluding hydrogens is 566 g/mol. The van der Waals surface area contributed by atoms with E-state index in [1.807, 2.05) is 0 Å². The first-order valence-corrected chi connectivity index (χ1v) is 14.8. The van der Waals surface area contributed by atoms with Gasteiger partial charge in [-0.15, -0.1) is 0 Å². The second kappa shape index (κ2) is 15.6. The second-order valence-electron chi connectivity index (χ2n) is 12.0. The predicted molar refractivity (Wildman–Crippen MR) is 151 cm³/mol. The fourth-order valence-electron chi connectivity index (χ4n) is 6.02. The highest BCUT2D eigenvalue weighted by molar-refractivity contribution is 5.91. The van der Waals surface area contributed by atoms with Crippen molar-refractivity contribution in [3.8, 4) is 0 Å². The zero-order chi connectivity index (χ0) is 32.0. The van der Waals surface area contributed by atoms with Crippen molar-refractivity contribution in [1.29, 1.82) is 0 Å². The average molecular weight is 614 g/mol. The molecule has 0 aromatic heterocycles. The van der Waals surface area contributed by atoms with E-state index in [1.165, 1.54) is 20.1 Å². The summed E-state index contributed by atoms with van der Waals surface area (Å²) in [5, 5.41) is 21.9. The number of cyclic esters (lactones) is 1. The Morgan fingerprint density at radius 2 is 1.79 bits per heavy atom. The van der Waals surface area contributed by atoms with Crippen LogP contribution >= 0.6 is 0 Å². The summed E-state index contributed by atoms with van der Waals surface area (Å²) < 4.78 is 34.9. The Bertz CT molecular complexity index is 1000. The minimum absolute atomic E-state index is 0.0773. The van der Waals surface area contributed by atoms with E-state index >= 15 is 0 Å². The zero-order valence-electron chi connectivity index (χ0n) is 26.0. The Morgan fingerprint density at radius 3 is 2.40 bits per heavy atom. The molecule has 13 atom stereocenters. The number of allylic oxidation sites excluding steroid dienone is 1. The third kappa shape index (κ3) is 9.37. The van der Waals surface area contributed by atoms with Crippen LogP contribution in [0, 0.1) is 11.8 Å². The number of carbonyl (C=O) groups is 4. The number of carbonyl (C=O) groups excluding carboxylic acids is 4. The van der Waals surface area contributed by atoms with Crippen LogP contribution in [0.1, 0.15) is 53.4 Å². The van der Waals surface area contributed by atoms with Crippen LogP contribution in [0.4, 0.5) is 0 Å². The lowest BCUT2D eigenvalue weighted by Gasteiger charge is -2.46. The molecule has 0 aliphatic carbocycles. The van der Waals surface area contributed by atoms with E-state index in [1.54, 1.807) is 45.8 Å². The number of aliphatic hydroxyl groups is 2. The molecule has 3 rings (SSSR count). The smallest absolute Gasteiger partial charge is 0.309 e. The molecule has 3 heterocycles. The summed E-state index contributed by atoms with van der Waals surface area (Å²) >= 11 is 0. The molecule has 0 bridgehead atoms. The lowest BCUT2D eigenvalue weighted by molar-refractivity contribution is -0.309. The van der Waals surface area contributed by atoms with Gasteiger partial charge in [-0.05, 0) is 52.4 Å². The molecule has 0 unspecified atom stereocenters. The maximum absolute atomic E-state index is 13.1. The summed E-state index contributed by atoms with van der Waals surface area (Å²) in [6, 6.07) is -0.759. The van der Waals surface area contributed by atoms with Crippen LogP contribution < -0.4 is 0 Å². The molecular formula is C30H47NO12. The SMILES string of the molecule is CO[C@@H]1[C@@H](O[C@@H]2O[C@H](C)[C@@H](O)[C@H](N(C)C)[C@H]2O)[C@@H](CC=O)C[C@@H](C)C(=O)/C=C\[C@H]2O[C@H]2C[C@@H](C)OC(=O)C[C@H]1OC(C)=O. The van der Waals surface area contributed by atoms with Gasteiger partial charge in [-0.25, -0.2) is 0 Å². The lowest BCUT2D eigenvalue weighted by atomic mass is 9.83. The molecule has 0 spiro atoms. The fourth-order valence-corrected chi connectivity index (χ4v) is 6.02. The van der Waals surface area contributed by atoms with E-state index in [0.29, 0.717) is 12.7 Å². The van der Waals surface area contributed by atoms with Crippen LogP contribution in [-0.2, 0) is 47.6 Å². The topological polar surface area (TPSA) is 171 Å². The van der Waals surface area contributed by atoms with Gasteiger partial charge in [-0.1, -0.05) is 6.92 Å². The van der Waals surface area contributed by atoms with E-state index < -0.39 is 78.8 Å². The molecule has 3 aliphatic heterocycles. The largest absolute Gasteiger partial charge is 0.462 e. The van der Waals surface area contributed by atoms with Crippen LogP contribution in [0.2, 0.25) is 0 Å². The van der Waals surface area contributed by atoms with Gasteiger partial charge >= 0.3 is 11.9 Å². The second-order valence-corrected chi connectivity index (χ2v) is 12.0. The Morgan fingerprint density at radius 1 is 1.09 bits per heavy atom. The minimum atomic E-state index is -1.33. The normalized spacial score (nSPS) is 42.0. The molecule has 0 aromatic carbocycles. The van der Waals surface area contributed by atoms with Gasteiger partial charge in [0.2, 0.25) is 0 Å². The number of ether oxygens (including phenoxy) is 6. The van der Waals surface area contributed by atoms with Crippen LogP contribution in [0.25, 0.3) is 0 Å². The first kappa shape index (κ1) is 35.2. The number of aldehydes is 1. The number of methoxy groups -OCH3 is 1. The summed E-state index contributed by atoms with van der Waals surface area (Å²) in [6.07, 6.45) is -4.91. The maximum atomic E-state index is 13.1. The highest BCUT2D eigenvalue weighted by Gasteiger charge is 2.48. The van der Waals surface area contributed by atoms with Gasteiger partial charge in [0.1, 0.15) is 36.8 Å². The number of fused-ring (bicyclic) bond motifs is 1. The third-order valence-corrected chi connectivity index (χ3v) is 8.32. The van der Waals surface area contributed by atoms with Crippen molar-refractivity contribution in [3.63, 3.8) is 0 Å². The van der Waals surface area contributed by atoms with E-state index in [4.69, 9.17) is 28.4 Å². The first-order chi connectivity index (χ1) is 20.3. The van der Waals surface area contributed by atoms with Crippen LogP contribution in [0.5, 0.6) is 0 Å². The average Bonchev–Trinajstić information content (AvgIpc) is 3.65. The Kier molecular flexibility index (Phi) is 12.8. The molecule has 3 aliphatic rings. The van der Waals surface area contributed by atoms with Gasteiger partial charge in [-0.3, -0.25) is 14.4 Å². The number of likely N-dealkylation sites (N-methyl/N-ethyl adjacent to an activating group) is 1. The van der Waals surface area contributed by atoms with E-state index in [9.17, 15) is 29.4 Å². The fraction of sp³-hybridized carbons (Fsp3) is 0.800. The Balaban J connectivity index is 2.05.